The lowest BCUT2D eigenvalue weighted by Gasteiger charge is -2.46. The number of nitrogens with zero attached hydrogens (tertiary/aromatic N) is 1. The first-order chi connectivity index (χ1) is 20.7. The van der Waals surface area contributed by atoms with Crippen LogP contribution in [0, 0.1) is 5.92 Å². The lowest BCUT2D eigenvalue weighted by atomic mass is 9.72. The average Bonchev–Trinajstić information content (AvgIpc) is 3.01. The van der Waals surface area contributed by atoms with Crippen LogP contribution < -0.4 is 0 Å². The largest absolute Gasteiger partial charge is 0.507 e. The Hall–Kier alpha value is -2.86. The molecule has 6 rings (SSSR count). The van der Waals surface area contributed by atoms with Crippen molar-refractivity contribution >= 4 is 11.6 Å². The summed E-state index contributed by atoms with van der Waals surface area (Å²) in [6.07, 6.45) is -0.369. The molecule has 232 valence electrons. The number of aromatic hydroxyl groups is 2. The minimum atomic E-state index is -1.13. The van der Waals surface area contributed by atoms with E-state index in [1.165, 1.54) is 6.07 Å². The number of carbonyl (C=O) groups excluding carboxylic acids is 2. The number of phenols is 2. The van der Waals surface area contributed by atoms with E-state index in [0.29, 0.717) is 44.7 Å². The van der Waals surface area contributed by atoms with Crippen LogP contribution in [0.5, 0.6) is 11.5 Å². The number of morpholine rings is 1. The van der Waals surface area contributed by atoms with Gasteiger partial charge in [0.15, 0.2) is 17.9 Å². The van der Waals surface area contributed by atoms with Crippen molar-refractivity contribution in [2.75, 3.05) is 26.3 Å². The molecule has 10 nitrogen and oxygen atoms in total. The van der Waals surface area contributed by atoms with Crippen LogP contribution in [0.15, 0.2) is 24.3 Å². The molecule has 2 aliphatic carbocycles. The molecule has 4 N–H and O–H groups in total. The molecule has 0 bridgehead atoms. The van der Waals surface area contributed by atoms with Crippen molar-refractivity contribution in [2.24, 2.45) is 5.92 Å². The fourth-order valence-corrected chi connectivity index (χ4v) is 7.33. The number of benzene rings is 2. The van der Waals surface area contributed by atoms with Crippen molar-refractivity contribution in [3.8, 4) is 11.5 Å². The second kappa shape index (κ2) is 12.3. The molecule has 0 spiro atoms. The standard InChI is InChI=1S/C33H41NO9/c1-3-4-5-8-18-15-21-24(32(40)26-25(31(21)39)29(37)19-9-6-7-10-20(19)30(26)38)33(28(18)36)43-23-16-22(27(35)17(2)42-23)34-11-13-41-14-12-34/h6-7,9-10,17-18,22-23,27-28,33,35-36,39-40H,3-5,8,11-16H2,1-2H3/t17-,18-,22-,23-,27+,28?,33?/m0/s1. The Bertz CT molecular complexity index is 1390. The number of aliphatic hydroxyl groups is 2. The van der Waals surface area contributed by atoms with E-state index in [4.69, 9.17) is 14.2 Å². The number of hydrogen-bond donors (Lipinski definition) is 4. The van der Waals surface area contributed by atoms with Crippen LogP contribution in [0.3, 0.4) is 0 Å². The zero-order valence-electron chi connectivity index (χ0n) is 24.7. The zero-order chi connectivity index (χ0) is 30.4. The zero-order valence-corrected chi connectivity index (χ0v) is 24.7. The maximum atomic E-state index is 13.6. The third-order valence-corrected chi connectivity index (χ3v) is 9.67. The van der Waals surface area contributed by atoms with Crippen molar-refractivity contribution in [3.63, 3.8) is 0 Å². The summed E-state index contributed by atoms with van der Waals surface area (Å²) in [4.78, 5) is 29.3. The lowest BCUT2D eigenvalue weighted by molar-refractivity contribution is -0.269. The number of unbranched alkanes of at least 4 members (excludes halogenated alkanes) is 2. The van der Waals surface area contributed by atoms with Gasteiger partial charge in [0.1, 0.15) is 17.6 Å². The van der Waals surface area contributed by atoms with Crippen LogP contribution in [-0.2, 0) is 20.6 Å². The summed E-state index contributed by atoms with van der Waals surface area (Å²) >= 11 is 0. The molecule has 2 fully saturated rings. The Balaban J connectivity index is 1.40. The molecule has 2 unspecified atom stereocenters. The van der Waals surface area contributed by atoms with Gasteiger partial charge in [-0.3, -0.25) is 14.5 Å². The topological polar surface area (TPSA) is 146 Å². The van der Waals surface area contributed by atoms with Gasteiger partial charge in [-0.1, -0.05) is 50.5 Å². The second-order valence-corrected chi connectivity index (χ2v) is 12.3. The highest BCUT2D eigenvalue weighted by Gasteiger charge is 2.47. The molecular formula is C33H41NO9. The van der Waals surface area contributed by atoms with E-state index in [9.17, 15) is 30.0 Å². The summed E-state index contributed by atoms with van der Waals surface area (Å²) in [5.41, 5.74) is 0.261. The molecule has 2 aromatic carbocycles. The lowest BCUT2D eigenvalue weighted by Crippen LogP contribution is -2.58. The van der Waals surface area contributed by atoms with Crippen molar-refractivity contribution in [3.05, 3.63) is 57.6 Å². The van der Waals surface area contributed by atoms with Gasteiger partial charge in [0, 0.05) is 47.8 Å². The smallest absolute Gasteiger partial charge is 0.198 e. The number of ketones is 2. The van der Waals surface area contributed by atoms with Crippen LogP contribution in [0.4, 0.5) is 0 Å². The van der Waals surface area contributed by atoms with Gasteiger partial charge in [-0.25, -0.2) is 0 Å². The van der Waals surface area contributed by atoms with Crippen LogP contribution in [0.2, 0.25) is 0 Å². The molecule has 7 atom stereocenters. The monoisotopic (exact) mass is 595 g/mol. The fraction of sp³-hybridized carbons (Fsp3) is 0.576. The second-order valence-electron chi connectivity index (χ2n) is 12.3. The van der Waals surface area contributed by atoms with Crippen molar-refractivity contribution in [1.29, 1.82) is 0 Å². The molecular weight excluding hydrogens is 554 g/mol. The summed E-state index contributed by atoms with van der Waals surface area (Å²) in [5.74, 6) is -2.23. The number of phenolic OH excluding ortho intramolecular Hbond substituents is 2. The molecule has 10 heteroatoms. The Morgan fingerprint density at radius 1 is 0.953 bits per heavy atom. The first-order valence-electron chi connectivity index (χ1n) is 15.5. The van der Waals surface area contributed by atoms with E-state index in [2.05, 4.69) is 11.8 Å². The number of aliphatic hydroxyl groups excluding tert-OH is 2. The number of carbonyl (C=O) groups is 2. The maximum Gasteiger partial charge on any atom is 0.198 e. The number of hydrogen-bond acceptors (Lipinski definition) is 10. The minimum absolute atomic E-state index is 0.112. The molecule has 2 heterocycles. The highest BCUT2D eigenvalue weighted by molar-refractivity contribution is 6.30. The highest BCUT2D eigenvalue weighted by Crippen LogP contribution is 2.51. The van der Waals surface area contributed by atoms with E-state index in [-0.39, 0.29) is 51.9 Å². The maximum absolute atomic E-state index is 13.6. The summed E-state index contributed by atoms with van der Waals surface area (Å²) in [6, 6.07) is 6.09. The highest BCUT2D eigenvalue weighted by atomic mass is 16.7. The molecule has 2 aliphatic heterocycles. The number of fused-ring (bicyclic) bond motifs is 3. The molecule has 2 aromatic rings. The number of rotatable bonds is 7. The van der Waals surface area contributed by atoms with E-state index in [1.54, 1.807) is 25.1 Å². The van der Waals surface area contributed by atoms with Gasteiger partial charge in [0.05, 0.1) is 42.7 Å². The van der Waals surface area contributed by atoms with Gasteiger partial charge in [0.2, 0.25) is 0 Å². The molecule has 0 amide bonds. The predicted molar refractivity (Wildman–Crippen MR) is 155 cm³/mol. The Morgan fingerprint density at radius 3 is 2.26 bits per heavy atom. The van der Waals surface area contributed by atoms with Crippen molar-refractivity contribution in [2.45, 2.75) is 89.1 Å². The minimum Gasteiger partial charge on any atom is -0.507 e. The molecule has 4 aliphatic rings. The van der Waals surface area contributed by atoms with Crippen molar-refractivity contribution < 1.29 is 44.2 Å². The number of ether oxygens (including phenoxy) is 3. The van der Waals surface area contributed by atoms with Crippen LogP contribution >= 0.6 is 0 Å². The SMILES string of the molecule is CCCCC[C@H]1Cc2c(O)c3c(c(O)c2C(O[C@H]2C[C@H](N4CCOCC4)[C@H](O)[C@H](C)O2)C1O)C(=O)c1ccccc1C3=O. The van der Waals surface area contributed by atoms with Crippen molar-refractivity contribution in [1.82, 2.24) is 4.90 Å². The summed E-state index contributed by atoms with van der Waals surface area (Å²) in [5, 5.41) is 46.0. The third kappa shape index (κ3) is 5.28. The van der Waals surface area contributed by atoms with E-state index in [1.807, 2.05) is 0 Å². The van der Waals surface area contributed by atoms with Gasteiger partial charge >= 0.3 is 0 Å². The first kappa shape index (κ1) is 30.2. The molecule has 0 saturated carbocycles. The summed E-state index contributed by atoms with van der Waals surface area (Å²) in [6.45, 7) is 6.31. The quantitative estimate of drug-likeness (QED) is 0.237. The van der Waals surface area contributed by atoms with Gasteiger partial charge in [0.25, 0.3) is 0 Å². The molecule has 0 aromatic heterocycles. The van der Waals surface area contributed by atoms with Crippen LogP contribution in [0.1, 0.15) is 95.0 Å². The molecule has 0 radical (unpaired) electrons. The molecule has 2 saturated heterocycles. The van der Waals surface area contributed by atoms with E-state index >= 15 is 0 Å². The van der Waals surface area contributed by atoms with Gasteiger partial charge < -0.3 is 34.6 Å². The Morgan fingerprint density at radius 2 is 1.60 bits per heavy atom. The predicted octanol–water partition coefficient (Wildman–Crippen LogP) is 3.24. The third-order valence-electron chi connectivity index (χ3n) is 9.67. The summed E-state index contributed by atoms with van der Waals surface area (Å²) in [7, 11) is 0. The van der Waals surface area contributed by atoms with Crippen LogP contribution in [-0.4, -0.2) is 93.8 Å². The van der Waals surface area contributed by atoms with Gasteiger partial charge in [-0.15, -0.1) is 0 Å². The Labute approximate surface area is 251 Å². The van der Waals surface area contributed by atoms with Gasteiger partial charge in [-0.05, 0) is 25.7 Å². The van der Waals surface area contributed by atoms with Gasteiger partial charge in [-0.2, -0.15) is 0 Å². The normalized spacial score (nSPS) is 30.9. The average molecular weight is 596 g/mol. The Kier molecular flexibility index (Phi) is 8.61. The first-order valence-corrected chi connectivity index (χ1v) is 15.5. The van der Waals surface area contributed by atoms with Crippen LogP contribution in [0.25, 0.3) is 0 Å². The van der Waals surface area contributed by atoms with E-state index < -0.39 is 48.0 Å². The summed E-state index contributed by atoms with van der Waals surface area (Å²) < 4.78 is 18.1. The van der Waals surface area contributed by atoms with E-state index in [0.717, 1.165) is 19.3 Å². The fourth-order valence-electron chi connectivity index (χ4n) is 7.33. The molecule has 43 heavy (non-hydrogen) atoms.